The monoisotopic (exact) mass is 903 g/mol. The molecule has 13 heteroatoms. The van der Waals surface area contributed by atoms with Crippen LogP contribution in [0.4, 0.5) is 0 Å². The Bertz CT molecular complexity index is 1230. The van der Waals surface area contributed by atoms with Gasteiger partial charge in [0.25, 0.3) is 0 Å². The van der Waals surface area contributed by atoms with Crippen LogP contribution in [0.2, 0.25) is 0 Å². The van der Waals surface area contributed by atoms with E-state index in [-0.39, 0.29) is 19.6 Å². The average Bonchev–Trinajstić information content (AvgIpc) is 3.24. The molecule has 12 nitrogen and oxygen atoms in total. The molecule has 1 aliphatic heterocycles. The first kappa shape index (κ1) is 58.3. The van der Waals surface area contributed by atoms with Gasteiger partial charge in [-0.3, -0.25) is 9.35 Å². The Morgan fingerprint density at radius 3 is 1.63 bits per heavy atom. The number of esters is 1. The molecule has 1 saturated heterocycles. The van der Waals surface area contributed by atoms with Gasteiger partial charge in [-0.05, 0) is 44.9 Å². The Balaban J connectivity index is 2.37. The van der Waals surface area contributed by atoms with Gasteiger partial charge in [0.15, 0.2) is 6.29 Å². The van der Waals surface area contributed by atoms with Crippen LogP contribution in [-0.2, 0) is 38.3 Å². The molecular formula is C49H90O12S. The number of carbonyl (C=O) groups is 1. The Hall–Kier alpha value is -1.68. The molecule has 0 aromatic carbocycles. The van der Waals surface area contributed by atoms with Crippen molar-refractivity contribution >= 4 is 16.4 Å². The number of unbranched alkanes of at least 4 members (excludes halogenated alkanes) is 24. The molecule has 62 heavy (non-hydrogen) atoms. The molecule has 0 spiro atoms. The predicted octanol–water partition coefficient (Wildman–Crippen LogP) is 11.0. The average molecular weight is 903 g/mol. The van der Waals surface area contributed by atoms with Crippen LogP contribution in [0.1, 0.15) is 206 Å². The van der Waals surface area contributed by atoms with Crippen molar-refractivity contribution in [2.45, 2.75) is 243 Å². The lowest BCUT2D eigenvalue weighted by molar-refractivity contribution is -0.301. The molecule has 0 aliphatic carbocycles. The van der Waals surface area contributed by atoms with E-state index in [1.165, 1.54) is 109 Å². The summed E-state index contributed by atoms with van der Waals surface area (Å²) in [6, 6.07) is 0. The van der Waals surface area contributed by atoms with Crippen LogP contribution >= 0.6 is 0 Å². The molecule has 0 bridgehead atoms. The number of aliphatic hydroxyl groups is 3. The predicted molar refractivity (Wildman–Crippen MR) is 248 cm³/mol. The van der Waals surface area contributed by atoms with Gasteiger partial charge in [0.05, 0.1) is 19.8 Å². The lowest BCUT2D eigenvalue weighted by atomic mass is 9.99. The summed E-state index contributed by atoms with van der Waals surface area (Å²) in [6.45, 7) is 3.88. The second kappa shape index (κ2) is 40.8. The van der Waals surface area contributed by atoms with Crippen LogP contribution in [0.25, 0.3) is 0 Å². The van der Waals surface area contributed by atoms with Crippen LogP contribution in [0, 0.1) is 0 Å². The topological polar surface area (TPSA) is 178 Å². The number of aliphatic hydroxyl groups excluding tert-OH is 3. The quantitative estimate of drug-likeness (QED) is 0.0197. The minimum absolute atomic E-state index is 0.0316. The molecule has 0 radical (unpaired) electrons. The first-order chi connectivity index (χ1) is 30.1. The van der Waals surface area contributed by atoms with Crippen molar-refractivity contribution in [3.05, 3.63) is 36.5 Å². The van der Waals surface area contributed by atoms with E-state index in [4.69, 9.17) is 18.9 Å². The highest BCUT2D eigenvalue weighted by atomic mass is 32.3. The summed E-state index contributed by atoms with van der Waals surface area (Å²) in [7, 11) is -5.06. The SMILES string of the molecule is CC/C=C\C/C=C\C/C=C\CCCCCCCC(=O)OC(COCCCCCCCCCCCCCCCCCCCCCC)COC1OC(CO)C(O)C(OS(=O)(=O)O)C1O. The molecule has 0 aromatic heterocycles. The zero-order valence-corrected chi connectivity index (χ0v) is 39.7. The minimum Gasteiger partial charge on any atom is -0.457 e. The standard InChI is InChI=1S/C49H90O12S/c1-3-5-7-9-11-13-15-17-19-20-21-22-23-25-27-29-31-33-35-37-39-57-41-43(42-58-49-47(53)48(61-62(54,55)56)46(52)44(40-50)60-49)59-45(51)38-36-34-32-30-28-26-24-18-16-14-12-10-8-6-4-2/h6,8,12,14,18,24,43-44,46-50,52-53H,3-5,7,9-11,13,15-17,19-23,25-42H2,1-2H3,(H,54,55,56)/b8-6-,14-12-,24-18-. The fourth-order valence-corrected chi connectivity index (χ4v) is 8.08. The third-order valence-corrected chi connectivity index (χ3v) is 11.7. The normalized spacial score (nSPS) is 20.3. The van der Waals surface area contributed by atoms with E-state index in [1.54, 1.807) is 0 Å². The maximum atomic E-state index is 12.9. The van der Waals surface area contributed by atoms with Gasteiger partial charge in [0.1, 0.15) is 30.5 Å². The Labute approximate surface area is 377 Å². The fourth-order valence-electron chi connectivity index (χ4n) is 7.57. The number of allylic oxidation sites excluding steroid dienone is 6. The van der Waals surface area contributed by atoms with Gasteiger partial charge in [-0.25, -0.2) is 4.18 Å². The summed E-state index contributed by atoms with van der Waals surface area (Å²) >= 11 is 0. The molecule has 0 saturated carbocycles. The molecule has 1 aliphatic rings. The van der Waals surface area contributed by atoms with E-state index in [0.717, 1.165) is 70.6 Å². The molecule has 1 rings (SSSR count). The maximum Gasteiger partial charge on any atom is 0.397 e. The van der Waals surface area contributed by atoms with Gasteiger partial charge in [-0.2, -0.15) is 8.42 Å². The summed E-state index contributed by atoms with van der Waals surface area (Å²) < 4.78 is 59.2. The molecule has 6 atom stereocenters. The molecule has 1 heterocycles. The van der Waals surface area contributed by atoms with Gasteiger partial charge in [0, 0.05) is 13.0 Å². The third kappa shape index (κ3) is 33.8. The number of carbonyl (C=O) groups excluding carboxylic acids is 1. The lowest BCUT2D eigenvalue weighted by Crippen LogP contribution is -2.60. The maximum absolute atomic E-state index is 12.9. The van der Waals surface area contributed by atoms with Crippen molar-refractivity contribution in [2.24, 2.45) is 0 Å². The van der Waals surface area contributed by atoms with Crippen LogP contribution in [0.15, 0.2) is 36.5 Å². The molecular weight excluding hydrogens is 813 g/mol. The highest BCUT2D eigenvalue weighted by molar-refractivity contribution is 7.80. The number of ether oxygens (including phenoxy) is 4. The van der Waals surface area contributed by atoms with E-state index in [2.05, 4.69) is 54.5 Å². The van der Waals surface area contributed by atoms with Gasteiger partial charge in [-0.1, -0.05) is 192 Å². The largest absolute Gasteiger partial charge is 0.457 e. The van der Waals surface area contributed by atoms with Crippen molar-refractivity contribution in [3.63, 3.8) is 0 Å². The minimum atomic E-state index is -5.06. The molecule has 4 N–H and O–H groups in total. The van der Waals surface area contributed by atoms with Gasteiger partial charge in [0.2, 0.25) is 0 Å². The molecule has 0 amide bonds. The highest BCUT2D eigenvalue weighted by Crippen LogP contribution is 2.26. The molecule has 364 valence electrons. The zero-order chi connectivity index (χ0) is 45.4. The van der Waals surface area contributed by atoms with Crippen LogP contribution in [-0.4, -0.2) is 97.5 Å². The molecule has 0 aromatic rings. The smallest absolute Gasteiger partial charge is 0.397 e. The van der Waals surface area contributed by atoms with Gasteiger partial charge >= 0.3 is 16.4 Å². The molecule has 1 fully saturated rings. The van der Waals surface area contributed by atoms with Crippen LogP contribution in [0.3, 0.4) is 0 Å². The van der Waals surface area contributed by atoms with Crippen LogP contribution < -0.4 is 0 Å². The van der Waals surface area contributed by atoms with E-state index in [9.17, 15) is 33.1 Å². The fraction of sp³-hybridized carbons (Fsp3) is 0.857. The summed E-state index contributed by atoms with van der Waals surface area (Å²) in [5.41, 5.74) is 0. The van der Waals surface area contributed by atoms with Crippen molar-refractivity contribution in [1.82, 2.24) is 0 Å². The van der Waals surface area contributed by atoms with Crippen molar-refractivity contribution in [2.75, 3.05) is 26.4 Å². The lowest BCUT2D eigenvalue weighted by Gasteiger charge is -2.41. The van der Waals surface area contributed by atoms with Crippen molar-refractivity contribution in [3.8, 4) is 0 Å². The first-order valence-electron chi connectivity index (χ1n) is 24.7. The van der Waals surface area contributed by atoms with E-state index >= 15 is 0 Å². The zero-order valence-electron chi connectivity index (χ0n) is 38.9. The van der Waals surface area contributed by atoms with Gasteiger partial charge in [-0.15, -0.1) is 0 Å². The Morgan fingerprint density at radius 2 is 1.11 bits per heavy atom. The second-order valence-electron chi connectivity index (χ2n) is 17.0. The van der Waals surface area contributed by atoms with Crippen molar-refractivity contribution in [1.29, 1.82) is 0 Å². The third-order valence-electron chi connectivity index (χ3n) is 11.3. The second-order valence-corrected chi connectivity index (χ2v) is 18.1. The van der Waals surface area contributed by atoms with E-state index < -0.39 is 59.8 Å². The summed E-state index contributed by atoms with van der Waals surface area (Å²) in [5, 5.41) is 30.7. The van der Waals surface area contributed by atoms with E-state index in [0.29, 0.717) is 13.0 Å². The van der Waals surface area contributed by atoms with Gasteiger partial charge < -0.3 is 34.3 Å². The van der Waals surface area contributed by atoms with E-state index in [1.807, 2.05) is 0 Å². The summed E-state index contributed by atoms with van der Waals surface area (Å²) in [5.74, 6) is -0.413. The Morgan fingerprint density at radius 1 is 0.629 bits per heavy atom. The highest BCUT2D eigenvalue weighted by Gasteiger charge is 2.48. The number of hydrogen-bond donors (Lipinski definition) is 4. The number of hydrogen-bond acceptors (Lipinski definition) is 11. The number of rotatable bonds is 43. The Kier molecular flexibility index (Phi) is 38.4. The molecule has 6 unspecified atom stereocenters. The first-order valence-corrected chi connectivity index (χ1v) is 26.1. The summed E-state index contributed by atoms with van der Waals surface area (Å²) in [6.07, 6.45) is 38.9. The van der Waals surface area contributed by atoms with Crippen molar-refractivity contribution < 1.29 is 56.2 Å². The van der Waals surface area contributed by atoms with Crippen LogP contribution in [0.5, 0.6) is 0 Å². The summed E-state index contributed by atoms with van der Waals surface area (Å²) in [4.78, 5) is 12.9.